The summed E-state index contributed by atoms with van der Waals surface area (Å²) in [5, 5.41) is 2.95. The lowest BCUT2D eigenvalue weighted by atomic mass is 10.00. The third-order valence-corrected chi connectivity index (χ3v) is 9.38. The number of ether oxygens (including phenoxy) is 3. The minimum Gasteiger partial charge on any atom is -0.366 e. The zero-order valence-corrected chi connectivity index (χ0v) is 25.8. The van der Waals surface area contributed by atoms with E-state index in [1.54, 1.807) is 17.3 Å². The highest BCUT2D eigenvalue weighted by atomic mass is 32.2. The van der Waals surface area contributed by atoms with E-state index in [0.29, 0.717) is 17.7 Å². The summed E-state index contributed by atoms with van der Waals surface area (Å²) in [6, 6.07) is 9.47. The SMILES string of the molecule is CC1(C)OC2C(COP(=O)(NCc3ccccc3)OCCSC(=O)C(C)(C)C)OC(N3C=CCC(C(N)=O)=C3)C2O1. The Labute approximate surface area is 245 Å². The molecule has 0 aliphatic carbocycles. The number of benzene rings is 1. The van der Waals surface area contributed by atoms with E-state index in [2.05, 4.69) is 5.09 Å². The number of nitrogens with one attached hydrogen (secondary N) is 1. The molecule has 0 aromatic heterocycles. The molecule has 13 heteroatoms. The van der Waals surface area contributed by atoms with E-state index in [9.17, 15) is 14.2 Å². The van der Waals surface area contributed by atoms with E-state index in [-0.39, 0.29) is 24.9 Å². The van der Waals surface area contributed by atoms with Gasteiger partial charge in [0.2, 0.25) is 5.91 Å². The van der Waals surface area contributed by atoms with Crippen molar-refractivity contribution >= 4 is 30.5 Å². The van der Waals surface area contributed by atoms with E-state index in [1.807, 2.05) is 71.0 Å². The van der Waals surface area contributed by atoms with Gasteiger partial charge in [-0.15, -0.1) is 0 Å². The van der Waals surface area contributed by atoms with Gasteiger partial charge in [0.25, 0.3) is 0 Å². The van der Waals surface area contributed by atoms with Crippen molar-refractivity contribution in [2.45, 2.75) is 77.9 Å². The van der Waals surface area contributed by atoms with Gasteiger partial charge in [-0.1, -0.05) is 68.9 Å². The fourth-order valence-corrected chi connectivity index (χ4v) is 6.74. The van der Waals surface area contributed by atoms with Crippen molar-refractivity contribution < 1.29 is 37.4 Å². The number of fused-ring (bicyclic) bond motifs is 1. The first-order valence-electron chi connectivity index (χ1n) is 13.6. The van der Waals surface area contributed by atoms with Gasteiger partial charge in [-0.2, -0.15) is 0 Å². The van der Waals surface area contributed by atoms with Crippen LogP contribution in [-0.2, 0) is 44.0 Å². The smallest absolute Gasteiger partial charge is 0.366 e. The molecule has 5 unspecified atom stereocenters. The van der Waals surface area contributed by atoms with E-state index in [4.69, 9.17) is 29.0 Å². The van der Waals surface area contributed by atoms with Crippen molar-refractivity contribution in [3.63, 3.8) is 0 Å². The zero-order valence-electron chi connectivity index (χ0n) is 24.1. The maximum Gasteiger partial charge on any atom is 0.405 e. The number of rotatable bonds is 12. The fourth-order valence-electron chi connectivity index (χ4n) is 4.53. The summed E-state index contributed by atoms with van der Waals surface area (Å²) in [6.07, 6.45) is 3.38. The Morgan fingerprint density at radius 2 is 1.88 bits per heavy atom. The Bertz CT molecular complexity index is 1200. The Hall–Kier alpha value is -2.02. The second kappa shape index (κ2) is 13.1. The van der Waals surface area contributed by atoms with Crippen LogP contribution in [0.4, 0.5) is 0 Å². The van der Waals surface area contributed by atoms with Crippen molar-refractivity contribution in [2.75, 3.05) is 19.0 Å². The first kappa shape index (κ1) is 31.9. The molecule has 0 radical (unpaired) electrons. The molecule has 2 saturated heterocycles. The topological polar surface area (TPSA) is 139 Å². The van der Waals surface area contributed by atoms with Crippen LogP contribution in [0.25, 0.3) is 0 Å². The van der Waals surface area contributed by atoms with Crippen LogP contribution >= 0.6 is 19.5 Å². The number of hydrogen-bond donors (Lipinski definition) is 2. The Morgan fingerprint density at radius 3 is 2.56 bits per heavy atom. The van der Waals surface area contributed by atoms with Crippen LogP contribution in [0.1, 0.15) is 46.6 Å². The van der Waals surface area contributed by atoms with Crippen LogP contribution in [0.15, 0.2) is 54.4 Å². The summed E-state index contributed by atoms with van der Waals surface area (Å²) >= 11 is 1.13. The number of thioether (sulfide) groups is 1. The molecule has 3 N–H and O–H groups in total. The molecule has 11 nitrogen and oxygen atoms in total. The van der Waals surface area contributed by atoms with Gasteiger partial charge in [-0.05, 0) is 25.8 Å². The minimum absolute atomic E-state index is 0.0202. The summed E-state index contributed by atoms with van der Waals surface area (Å²) in [4.78, 5) is 25.8. The van der Waals surface area contributed by atoms with Crippen molar-refractivity contribution in [3.05, 3.63) is 59.9 Å². The fraction of sp³-hybridized carbons (Fsp3) is 0.571. The highest BCUT2D eigenvalue weighted by Gasteiger charge is 2.57. The molecule has 1 amide bonds. The van der Waals surface area contributed by atoms with Gasteiger partial charge in [0.15, 0.2) is 17.1 Å². The number of primary amides is 1. The average molecular weight is 610 g/mol. The molecule has 3 aliphatic rings. The van der Waals surface area contributed by atoms with E-state index < -0.39 is 49.4 Å². The van der Waals surface area contributed by atoms with Gasteiger partial charge < -0.3 is 24.8 Å². The van der Waals surface area contributed by atoms with Crippen LogP contribution < -0.4 is 10.8 Å². The number of carbonyl (C=O) groups is 2. The lowest BCUT2D eigenvalue weighted by Gasteiger charge is -2.31. The summed E-state index contributed by atoms with van der Waals surface area (Å²) in [5.74, 6) is -1.07. The van der Waals surface area contributed by atoms with Crippen LogP contribution in [0.2, 0.25) is 0 Å². The first-order valence-corrected chi connectivity index (χ1v) is 16.1. The zero-order chi connectivity index (χ0) is 29.8. The second-order valence-corrected chi connectivity index (χ2v) is 14.4. The van der Waals surface area contributed by atoms with Gasteiger partial charge >= 0.3 is 7.75 Å². The van der Waals surface area contributed by atoms with Crippen molar-refractivity contribution in [2.24, 2.45) is 11.1 Å². The first-order chi connectivity index (χ1) is 19.3. The predicted molar refractivity (Wildman–Crippen MR) is 155 cm³/mol. The maximum atomic E-state index is 13.8. The molecule has 5 atom stereocenters. The van der Waals surface area contributed by atoms with Crippen LogP contribution in [0.5, 0.6) is 0 Å². The predicted octanol–water partition coefficient (Wildman–Crippen LogP) is 4.06. The Balaban J connectivity index is 1.44. The molecule has 2 fully saturated rings. The monoisotopic (exact) mass is 609 g/mol. The lowest BCUT2D eigenvalue weighted by molar-refractivity contribution is -0.201. The summed E-state index contributed by atoms with van der Waals surface area (Å²) < 4.78 is 44.1. The molecular weight excluding hydrogens is 569 g/mol. The highest BCUT2D eigenvalue weighted by molar-refractivity contribution is 8.13. The quantitative estimate of drug-likeness (QED) is 0.262. The van der Waals surface area contributed by atoms with Gasteiger partial charge in [0.1, 0.15) is 18.3 Å². The summed E-state index contributed by atoms with van der Waals surface area (Å²) in [5.41, 5.74) is 6.36. The van der Waals surface area contributed by atoms with Gasteiger partial charge in [-0.25, -0.2) is 9.65 Å². The summed E-state index contributed by atoms with van der Waals surface area (Å²) in [7, 11) is -3.83. The molecule has 3 heterocycles. The average Bonchev–Trinajstić information content (AvgIpc) is 3.41. The van der Waals surface area contributed by atoms with Crippen LogP contribution in [0, 0.1) is 5.41 Å². The van der Waals surface area contributed by atoms with Gasteiger partial charge in [0.05, 0.1) is 13.2 Å². The maximum absolute atomic E-state index is 13.8. The standard InChI is InChI=1S/C28H40N3O8PS/c1-27(2,3)26(33)41-15-14-35-40(34,30-16-19-10-7-6-8-11-19)36-18-21-22-23(39-28(4,5)38-22)25(37-21)31-13-9-12-20(17-31)24(29)32/h6-11,13,17,21-23,25H,12,14-16,18H2,1-5H3,(H2,29,32)(H,30,34). The number of nitrogens with two attached hydrogens (primary N) is 1. The molecule has 0 saturated carbocycles. The number of amides is 1. The molecular formula is C28H40N3O8PS. The van der Waals surface area contributed by atoms with Crippen molar-refractivity contribution in [3.8, 4) is 0 Å². The third-order valence-electron chi connectivity index (χ3n) is 6.57. The molecule has 4 rings (SSSR count). The molecule has 0 bridgehead atoms. The number of hydrogen-bond acceptors (Lipinski definition) is 10. The van der Waals surface area contributed by atoms with Gasteiger partial charge in [-0.3, -0.25) is 18.6 Å². The number of carbonyl (C=O) groups excluding carboxylic acids is 2. The Morgan fingerprint density at radius 1 is 1.17 bits per heavy atom. The van der Waals surface area contributed by atoms with Crippen LogP contribution in [0.3, 0.4) is 0 Å². The number of allylic oxidation sites excluding steroid dienone is 1. The normalized spacial score (nSPS) is 26.9. The molecule has 3 aliphatic heterocycles. The van der Waals surface area contributed by atoms with Crippen molar-refractivity contribution in [1.29, 1.82) is 0 Å². The largest absolute Gasteiger partial charge is 0.405 e. The molecule has 1 aromatic rings. The molecule has 226 valence electrons. The van der Waals surface area contributed by atoms with E-state index >= 15 is 0 Å². The minimum atomic E-state index is -3.83. The molecule has 0 spiro atoms. The second-order valence-electron chi connectivity index (χ2n) is 11.5. The number of nitrogens with zero attached hydrogens (tertiary/aromatic N) is 1. The van der Waals surface area contributed by atoms with Gasteiger partial charge in [0, 0.05) is 35.7 Å². The highest BCUT2D eigenvalue weighted by Crippen LogP contribution is 2.47. The van der Waals surface area contributed by atoms with E-state index in [1.165, 1.54) is 0 Å². The third kappa shape index (κ3) is 8.52. The van der Waals surface area contributed by atoms with Crippen LogP contribution in [-0.4, -0.2) is 65.2 Å². The molecule has 41 heavy (non-hydrogen) atoms. The van der Waals surface area contributed by atoms with E-state index in [0.717, 1.165) is 17.3 Å². The lowest BCUT2D eigenvalue weighted by Crippen LogP contribution is -2.40. The summed E-state index contributed by atoms with van der Waals surface area (Å²) in [6.45, 7) is 9.33. The molecule has 1 aromatic carbocycles. The van der Waals surface area contributed by atoms with Crippen molar-refractivity contribution in [1.82, 2.24) is 9.99 Å². The Kier molecular flexibility index (Phi) is 10.2.